The van der Waals surface area contributed by atoms with Crippen molar-refractivity contribution in [3.8, 4) is 5.75 Å². The molecule has 0 aliphatic carbocycles. The number of nitrogens with one attached hydrogen (secondary N) is 2. The normalized spacial score (nSPS) is 20.8. The van der Waals surface area contributed by atoms with Gasteiger partial charge in [-0.1, -0.05) is 12.1 Å². The minimum atomic E-state index is -1.54. The van der Waals surface area contributed by atoms with E-state index in [9.17, 15) is 33.6 Å². The largest absolute Gasteiger partial charge is 0.497 e. The number of hydrogen-bond acceptors (Lipinski definition) is 12. The molecule has 16 nitrogen and oxygen atoms in total. The number of likely N-dealkylation sites (tertiary alicyclic amines) is 2. The van der Waals surface area contributed by atoms with Gasteiger partial charge in [0, 0.05) is 33.4 Å². The number of esters is 3. The first-order valence-electron chi connectivity index (χ1n) is 17.3. The number of alkyl carbamates (subject to hydrolysis) is 1. The Morgan fingerprint density at radius 1 is 0.865 bits per heavy atom. The summed E-state index contributed by atoms with van der Waals surface area (Å²) < 4.78 is 26.1. The van der Waals surface area contributed by atoms with E-state index in [0.717, 1.165) is 7.11 Å². The summed E-state index contributed by atoms with van der Waals surface area (Å²) in [5.74, 6) is -3.46. The van der Waals surface area contributed by atoms with Gasteiger partial charge in [-0.25, -0.2) is 9.59 Å². The van der Waals surface area contributed by atoms with Crippen molar-refractivity contribution in [2.24, 2.45) is 0 Å². The van der Waals surface area contributed by atoms with Gasteiger partial charge in [0.1, 0.15) is 41.2 Å². The highest BCUT2D eigenvalue weighted by Gasteiger charge is 2.54. The Hall–Kier alpha value is -4.89. The second-order valence-corrected chi connectivity index (χ2v) is 14.1. The Bertz CT molecular complexity index is 1490. The molecule has 0 aromatic heterocycles. The zero-order valence-corrected chi connectivity index (χ0v) is 31.4. The standard InChI is InChI=1S/C36H52N4O12/c1-21(50-23(3)41)28(38-34(47)52-35(5,6)7)31(44)39-18-10-12-27(39)30(43)40-19-11-17-36(40,20-25-13-15-26(48-8)16-14-25)33(46)37-29(32(45)49-9)22(2)51-24(4)42/h13-16,21-22,27-29H,10-12,17-20H2,1-9H3,(H,37,46)(H,38,47)/t21-,22-,27+,28+,29+,36?/m1/s1. The minimum Gasteiger partial charge on any atom is -0.497 e. The third kappa shape index (κ3) is 10.3. The molecule has 1 unspecified atom stereocenters. The molecule has 0 spiro atoms. The van der Waals surface area contributed by atoms with E-state index in [1.54, 1.807) is 45.0 Å². The summed E-state index contributed by atoms with van der Waals surface area (Å²) in [7, 11) is 2.66. The van der Waals surface area contributed by atoms with E-state index in [1.807, 2.05) is 0 Å². The number of carbonyl (C=O) groups is 7. The van der Waals surface area contributed by atoms with Crippen LogP contribution in [0.1, 0.15) is 79.7 Å². The highest BCUT2D eigenvalue weighted by Crippen LogP contribution is 2.36. The minimum absolute atomic E-state index is 0.0391. The zero-order valence-electron chi connectivity index (χ0n) is 31.4. The quantitative estimate of drug-likeness (QED) is 0.222. The molecule has 0 bridgehead atoms. The van der Waals surface area contributed by atoms with Gasteiger partial charge in [0.2, 0.25) is 17.7 Å². The fraction of sp³-hybridized carbons (Fsp3) is 0.639. The molecule has 1 aromatic rings. The van der Waals surface area contributed by atoms with Gasteiger partial charge in [0.25, 0.3) is 0 Å². The van der Waals surface area contributed by atoms with Crippen molar-refractivity contribution in [1.82, 2.24) is 20.4 Å². The highest BCUT2D eigenvalue weighted by molar-refractivity contribution is 5.98. The molecule has 2 fully saturated rings. The van der Waals surface area contributed by atoms with Crippen molar-refractivity contribution < 1.29 is 57.2 Å². The van der Waals surface area contributed by atoms with Crippen LogP contribution >= 0.6 is 0 Å². The molecule has 4 amide bonds. The lowest BCUT2D eigenvalue weighted by Gasteiger charge is -2.41. The van der Waals surface area contributed by atoms with Crippen LogP contribution in [0.3, 0.4) is 0 Å². The average molecular weight is 733 g/mol. The molecule has 1 aromatic carbocycles. The summed E-state index contributed by atoms with van der Waals surface area (Å²) in [5.41, 5.74) is -1.74. The van der Waals surface area contributed by atoms with Gasteiger partial charge >= 0.3 is 24.0 Å². The molecule has 0 saturated carbocycles. The molecular weight excluding hydrogens is 680 g/mol. The van der Waals surface area contributed by atoms with Crippen LogP contribution in [0.5, 0.6) is 5.75 Å². The van der Waals surface area contributed by atoms with Crippen LogP contribution in [-0.2, 0) is 54.1 Å². The smallest absolute Gasteiger partial charge is 0.408 e. The van der Waals surface area contributed by atoms with Crippen LogP contribution in [0.4, 0.5) is 4.79 Å². The monoisotopic (exact) mass is 732 g/mol. The number of rotatable bonds is 13. The summed E-state index contributed by atoms with van der Waals surface area (Å²) in [5, 5.41) is 5.21. The maximum Gasteiger partial charge on any atom is 0.408 e. The number of carbonyl (C=O) groups excluding carboxylic acids is 7. The van der Waals surface area contributed by atoms with Crippen molar-refractivity contribution in [2.45, 2.75) is 122 Å². The molecule has 3 rings (SSSR count). The topological polar surface area (TPSA) is 196 Å². The van der Waals surface area contributed by atoms with Crippen molar-refractivity contribution in [1.29, 1.82) is 0 Å². The van der Waals surface area contributed by atoms with Crippen molar-refractivity contribution >= 4 is 41.7 Å². The van der Waals surface area contributed by atoms with Gasteiger partial charge in [0.15, 0.2) is 6.04 Å². The summed E-state index contributed by atoms with van der Waals surface area (Å²) in [4.78, 5) is 95.5. The van der Waals surface area contributed by atoms with E-state index in [1.165, 1.54) is 44.6 Å². The van der Waals surface area contributed by atoms with Gasteiger partial charge in [0.05, 0.1) is 14.2 Å². The zero-order chi connectivity index (χ0) is 39.0. The molecule has 2 saturated heterocycles. The number of methoxy groups -OCH3 is 2. The number of ether oxygens (including phenoxy) is 5. The summed E-state index contributed by atoms with van der Waals surface area (Å²) in [6.07, 6.45) is -1.76. The Balaban J connectivity index is 2.02. The number of hydrogen-bond donors (Lipinski definition) is 2. The van der Waals surface area contributed by atoms with Crippen LogP contribution in [0.2, 0.25) is 0 Å². The van der Waals surface area contributed by atoms with Gasteiger partial charge < -0.3 is 44.1 Å². The Morgan fingerprint density at radius 3 is 2.00 bits per heavy atom. The second-order valence-electron chi connectivity index (χ2n) is 14.1. The van der Waals surface area contributed by atoms with E-state index in [-0.39, 0.29) is 32.4 Å². The van der Waals surface area contributed by atoms with Crippen molar-refractivity contribution in [2.75, 3.05) is 27.3 Å². The van der Waals surface area contributed by atoms with Crippen LogP contribution in [-0.4, -0.2) is 120 Å². The third-order valence-corrected chi connectivity index (χ3v) is 8.98. The molecule has 2 N–H and O–H groups in total. The van der Waals surface area contributed by atoms with Crippen LogP contribution in [0.25, 0.3) is 0 Å². The van der Waals surface area contributed by atoms with Crippen molar-refractivity contribution in [3.63, 3.8) is 0 Å². The van der Waals surface area contributed by atoms with Crippen LogP contribution in [0.15, 0.2) is 24.3 Å². The summed E-state index contributed by atoms with van der Waals surface area (Å²) >= 11 is 0. The molecule has 16 heteroatoms. The lowest BCUT2D eigenvalue weighted by molar-refractivity contribution is -0.159. The first-order chi connectivity index (χ1) is 24.3. The predicted octanol–water partition coefficient (Wildman–Crippen LogP) is 2.04. The Kier molecular flexibility index (Phi) is 14.0. The van der Waals surface area contributed by atoms with Gasteiger partial charge in [-0.15, -0.1) is 0 Å². The van der Waals surface area contributed by atoms with E-state index >= 15 is 0 Å². The molecule has 52 heavy (non-hydrogen) atoms. The van der Waals surface area contributed by atoms with E-state index in [0.29, 0.717) is 24.2 Å². The lowest BCUT2D eigenvalue weighted by atomic mass is 9.86. The Labute approximate surface area is 304 Å². The number of nitrogens with zero attached hydrogens (tertiary/aromatic N) is 2. The summed E-state index contributed by atoms with van der Waals surface area (Å²) in [6, 6.07) is 3.17. The molecular formula is C36H52N4O12. The maximum absolute atomic E-state index is 14.7. The van der Waals surface area contributed by atoms with Gasteiger partial charge in [-0.2, -0.15) is 0 Å². The van der Waals surface area contributed by atoms with E-state index < -0.39 is 83.2 Å². The van der Waals surface area contributed by atoms with Gasteiger partial charge in [-0.3, -0.25) is 24.0 Å². The fourth-order valence-electron chi connectivity index (χ4n) is 6.67. The Morgan fingerprint density at radius 2 is 1.46 bits per heavy atom. The molecule has 2 aliphatic heterocycles. The van der Waals surface area contributed by atoms with Crippen LogP contribution in [0, 0.1) is 0 Å². The third-order valence-electron chi connectivity index (χ3n) is 8.98. The maximum atomic E-state index is 14.7. The molecule has 2 aliphatic rings. The predicted molar refractivity (Wildman–Crippen MR) is 185 cm³/mol. The first kappa shape index (κ1) is 41.5. The SMILES string of the molecule is COC(=O)[C@@H](NC(=O)C1(Cc2ccc(OC)cc2)CCCN1C(=O)[C@@H]1CCCN1C(=O)[C@@H](NC(=O)OC(C)(C)C)[C@@H](C)OC(C)=O)[C@@H](C)OC(C)=O. The molecule has 6 atom stereocenters. The van der Waals surface area contributed by atoms with Crippen LogP contribution < -0.4 is 15.4 Å². The van der Waals surface area contributed by atoms with E-state index in [4.69, 9.17) is 23.7 Å². The second kappa shape index (κ2) is 17.6. The number of amides is 4. The molecule has 288 valence electrons. The van der Waals surface area contributed by atoms with E-state index in [2.05, 4.69) is 10.6 Å². The fourth-order valence-corrected chi connectivity index (χ4v) is 6.67. The number of benzene rings is 1. The molecule has 0 radical (unpaired) electrons. The molecule has 2 heterocycles. The summed E-state index contributed by atoms with van der Waals surface area (Å²) in [6.45, 7) is 10.5. The van der Waals surface area contributed by atoms with Crippen molar-refractivity contribution in [3.05, 3.63) is 29.8 Å². The lowest BCUT2D eigenvalue weighted by Crippen LogP contribution is -2.65. The first-order valence-corrected chi connectivity index (χ1v) is 17.3. The van der Waals surface area contributed by atoms with Gasteiger partial charge in [-0.05, 0) is 78.0 Å². The highest BCUT2D eigenvalue weighted by atomic mass is 16.6. The average Bonchev–Trinajstić information content (AvgIpc) is 3.72.